The van der Waals surface area contributed by atoms with Gasteiger partial charge in [0, 0.05) is 12.6 Å². The number of hydrogen-bond donors (Lipinski definition) is 0. The highest BCUT2D eigenvalue weighted by Gasteiger charge is 2.33. The predicted octanol–water partition coefficient (Wildman–Crippen LogP) is 4.12. The van der Waals surface area contributed by atoms with E-state index in [1.54, 1.807) is 20.8 Å². The van der Waals surface area contributed by atoms with E-state index >= 15 is 0 Å². The van der Waals surface area contributed by atoms with Crippen LogP contribution in [-0.4, -0.2) is 28.6 Å². The lowest BCUT2D eigenvalue weighted by Crippen LogP contribution is -2.33. The fourth-order valence-corrected chi connectivity index (χ4v) is 1.43. The van der Waals surface area contributed by atoms with Crippen LogP contribution in [0.1, 0.15) is 34.8 Å². The summed E-state index contributed by atoms with van der Waals surface area (Å²) in [5.41, 5.74) is -2.48. The van der Waals surface area contributed by atoms with E-state index in [9.17, 15) is 18.0 Å². The summed E-state index contributed by atoms with van der Waals surface area (Å²) >= 11 is 5.67. The average Bonchev–Trinajstić information content (AvgIpc) is 2.34. The third kappa shape index (κ3) is 5.41. The molecule has 0 radical (unpaired) electrons. The molecule has 0 aliphatic carbocycles. The van der Waals surface area contributed by atoms with Crippen LogP contribution >= 0.6 is 11.6 Å². The van der Waals surface area contributed by atoms with Crippen LogP contribution in [0.4, 0.5) is 18.0 Å². The summed E-state index contributed by atoms with van der Waals surface area (Å²) in [5, 5.41) is -0.680. The minimum absolute atomic E-state index is 0.375. The molecule has 0 aliphatic rings. The summed E-state index contributed by atoms with van der Waals surface area (Å²) in [6, 6.07) is 1.45. The van der Waals surface area contributed by atoms with Gasteiger partial charge in [0.05, 0.1) is 9.24 Å². The van der Waals surface area contributed by atoms with E-state index in [1.807, 2.05) is 0 Å². The largest absolute Gasteiger partial charge is 0.444 e. The predicted molar refractivity (Wildman–Crippen MR) is 72.0 cm³/mol. The van der Waals surface area contributed by atoms with E-state index in [0.717, 1.165) is 13.1 Å². The molecule has 0 fully saturated rings. The Balaban J connectivity index is 3.15. The number of rotatable bonds is 2. The van der Waals surface area contributed by atoms with Crippen molar-refractivity contribution in [3.05, 3.63) is 28.5 Å². The fraction of sp³-hybridized carbons (Fsp3) is 0.538. The van der Waals surface area contributed by atoms with Crippen molar-refractivity contribution in [2.45, 2.75) is 39.0 Å². The number of halogens is 4. The number of nitrogens with zero attached hydrogens (tertiary/aromatic N) is 2. The van der Waals surface area contributed by atoms with E-state index in [0.29, 0.717) is 11.0 Å². The van der Waals surface area contributed by atoms with Gasteiger partial charge in [-0.2, -0.15) is 13.2 Å². The summed E-state index contributed by atoms with van der Waals surface area (Å²) < 4.78 is 58.7. The smallest absolute Gasteiger partial charge is 0.433 e. The highest BCUT2D eigenvalue weighted by atomic mass is 35.5. The monoisotopic (exact) mass is 326 g/mol. The molecule has 0 unspecified atom stereocenters. The first kappa shape index (κ1) is 14.4. The van der Waals surface area contributed by atoms with Gasteiger partial charge in [-0.05, 0) is 26.8 Å². The van der Waals surface area contributed by atoms with Crippen LogP contribution in [0.2, 0.25) is 5.15 Å². The van der Waals surface area contributed by atoms with Crippen molar-refractivity contribution >= 4 is 17.7 Å². The van der Waals surface area contributed by atoms with Gasteiger partial charge >= 0.3 is 12.3 Å². The van der Waals surface area contributed by atoms with Crippen molar-refractivity contribution in [3.63, 3.8) is 0 Å². The molecule has 1 aromatic rings. The molecule has 0 atom stereocenters. The van der Waals surface area contributed by atoms with Crippen molar-refractivity contribution in [2.24, 2.45) is 0 Å². The number of ether oxygens (including phenoxy) is 1. The minimum atomic E-state index is -4.70. The fourth-order valence-electron chi connectivity index (χ4n) is 1.23. The standard InChI is InChI=1S/C13H16ClF3N2O2/c1-12(2,3)21-11(20)19(4)7-8-5-6-9(13(15,16)17)18-10(8)14/h5-6H,7H2,1-4H3/i7D2. The zero-order valence-corrected chi connectivity index (χ0v) is 12.6. The molecule has 1 rings (SSSR count). The number of amides is 1. The van der Waals surface area contributed by atoms with Gasteiger partial charge in [-0.15, -0.1) is 0 Å². The quantitative estimate of drug-likeness (QED) is 0.768. The summed E-state index contributed by atoms with van der Waals surface area (Å²) in [6.45, 7) is 2.29. The molecule has 21 heavy (non-hydrogen) atoms. The third-order valence-corrected chi connectivity index (χ3v) is 2.38. The lowest BCUT2D eigenvalue weighted by atomic mass is 10.2. The van der Waals surface area contributed by atoms with Gasteiger partial charge < -0.3 is 9.64 Å². The maximum Gasteiger partial charge on any atom is 0.433 e. The van der Waals surface area contributed by atoms with Crippen molar-refractivity contribution in [1.82, 2.24) is 9.88 Å². The molecular formula is C13H16ClF3N2O2. The molecule has 0 aliphatic heterocycles. The van der Waals surface area contributed by atoms with E-state index in [-0.39, 0.29) is 5.56 Å². The van der Waals surface area contributed by atoms with E-state index < -0.39 is 35.2 Å². The van der Waals surface area contributed by atoms with Gasteiger partial charge in [-0.1, -0.05) is 17.7 Å². The van der Waals surface area contributed by atoms with E-state index in [2.05, 4.69) is 4.98 Å². The third-order valence-electron chi connectivity index (χ3n) is 2.09. The van der Waals surface area contributed by atoms with Crippen LogP contribution in [0.25, 0.3) is 0 Å². The SMILES string of the molecule is [2H]C([2H])(c1ccc(C(F)(F)F)nc1Cl)N(C)C(=O)OC(C)(C)C. The highest BCUT2D eigenvalue weighted by Crippen LogP contribution is 2.29. The van der Waals surface area contributed by atoms with Gasteiger partial charge in [-0.3, -0.25) is 0 Å². The zero-order chi connectivity index (χ0) is 18.2. The Bertz CT molecular complexity index is 604. The van der Waals surface area contributed by atoms with Gasteiger partial charge in [0.2, 0.25) is 0 Å². The second kappa shape index (κ2) is 6.09. The lowest BCUT2D eigenvalue weighted by Gasteiger charge is -2.24. The maximum atomic E-state index is 12.6. The van der Waals surface area contributed by atoms with Crippen LogP contribution in [0.5, 0.6) is 0 Å². The molecule has 1 amide bonds. The molecule has 0 aromatic carbocycles. The molecule has 0 saturated heterocycles. The summed E-state index contributed by atoms with van der Waals surface area (Å²) in [6.07, 6.45) is -5.69. The summed E-state index contributed by atoms with van der Waals surface area (Å²) in [5.74, 6) is 0. The Kier molecular flexibility index (Phi) is 4.19. The molecule has 1 heterocycles. The molecular weight excluding hydrogens is 309 g/mol. The van der Waals surface area contributed by atoms with Crippen molar-refractivity contribution in [2.75, 3.05) is 7.05 Å². The number of alkyl halides is 3. The van der Waals surface area contributed by atoms with Crippen LogP contribution in [0.3, 0.4) is 0 Å². The van der Waals surface area contributed by atoms with E-state index in [4.69, 9.17) is 19.1 Å². The molecule has 4 nitrogen and oxygen atoms in total. The van der Waals surface area contributed by atoms with Gasteiger partial charge in [-0.25, -0.2) is 9.78 Å². The maximum absolute atomic E-state index is 12.6. The van der Waals surface area contributed by atoms with Crippen LogP contribution < -0.4 is 0 Å². The Morgan fingerprint density at radius 1 is 1.43 bits per heavy atom. The first-order valence-electron chi connectivity index (χ1n) is 6.87. The number of carbonyl (C=O) groups excluding carboxylic acids is 1. The molecule has 8 heteroatoms. The number of hydrogen-bond acceptors (Lipinski definition) is 3. The molecule has 0 saturated carbocycles. The minimum Gasteiger partial charge on any atom is -0.444 e. The molecule has 0 N–H and O–H groups in total. The van der Waals surface area contributed by atoms with Crippen LogP contribution in [0.15, 0.2) is 12.1 Å². The van der Waals surface area contributed by atoms with Crippen molar-refractivity contribution < 1.29 is 25.4 Å². The number of pyridine rings is 1. The second-order valence-electron chi connectivity index (χ2n) is 5.18. The Morgan fingerprint density at radius 2 is 2.00 bits per heavy atom. The zero-order valence-electron chi connectivity index (χ0n) is 13.9. The van der Waals surface area contributed by atoms with E-state index in [1.165, 1.54) is 0 Å². The summed E-state index contributed by atoms with van der Waals surface area (Å²) in [7, 11) is 1.11. The molecule has 118 valence electrons. The first-order chi connectivity index (χ1) is 10.2. The molecule has 0 spiro atoms. The van der Waals surface area contributed by atoms with Gasteiger partial charge in [0.25, 0.3) is 0 Å². The Labute approximate surface area is 128 Å². The normalized spacial score (nSPS) is 14.3. The second-order valence-corrected chi connectivity index (χ2v) is 5.54. The lowest BCUT2D eigenvalue weighted by molar-refractivity contribution is -0.141. The average molecular weight is 327 g/mol. The number of carbonyl (C=O) groups is 1. The van der Waals surface area contributed by atoms with Crippen LogP contribution in [0, 0.1) is 0 Å². The van der Waals surface area contributed by atoms with Crippen molar-refractivity contribution in [3.8, 4) is 0 Å². The molecule has 0 bridgehead atoms. The Hall–Kier alpha value is -1.50. The van der Waals surface area contributed by atoms with Gasteiger partial charge in [0.1, 0.15) is 16.4 Å². The summed E-state index contributed by atoms with van der Waals surface area (Å²) in [4.78, 5) is 15.7. The van der Waals surface area contributed by atoms with Crippen molar-refractivity contribution in [1.29, 1.82) is 0 Å². The molecule has 1 aromatic heterocycles. The Morgan fingerprint density at radius 3 is 2.43 bits per heavy atom. The topological polar surface area (TPSA) is 42.4 Å². The van der Waals surface area contributed by atoms with Crippen LogP contribution in [-0.2, 0) is 17.4 Å². The highest BCUT2D eigenvalue weighted by molar-refractivity contribution is 6.30. The van der Waals surface area contributed by atoms with Gasteiger partial charge in [0.15, 0.2) is 0 Å². The first-order valence-corrected chi connectivity index (χ1v) is 6.25. The number of aromatic nitrogens is 1.